The lowest BCUT2D eigenvalue weighted by atomic mass is 9.86. The Labute approximate surface area is 145 Å². The lowest BCUT2D eigenvalue weighted by Crippen LogP contribution is -2.07. The third kappa shape index (κ3) is 3.20. The summed E-state index contributed by atoms with van der Waals surface area (Å²) in [5.41, 5.74) is 3.69. The molecular weight excluding hydrogens is 348 g/mol. The molecule has 1 saturated carbocycles. The molecule has 4 rings (SSSR count). The van der Waals surface area contributed by atoms with Crippen molar-refractivity contribution in [2.24, 2.45) is 5.92 Å². The van der Waals surface area contributed by atoms with Crippen molar-refractivity contribution in [1.29, 1.82) is 0 Å². The summed E-state index contributed by atoms with van der Waals surface area (Å²) in [6, 6.07) is 15.2. The molecule has 1 aliphatic rings. The number of hydrogen-bond donors (Lipinski definition) is 1. The van der Waals surface area contributed by atoms with Crippen LogP contribution in [0, 0.1) is 5.92 Å². The second-order valence-electron chi connectivity index (χ2n) is 6.66. The predicted molar refractivity (Wildman–Crippen MR) is 98.7 cm³/mol. The minimum Gasteiger partial charge on any atom is -0.343 e. The Kier molecular flexibility index (Phi) is 4.21. The first kappa shape index (κ1) is 14.9. The number of fused-ring (bicyclic) bond motifs is 1. The summed E-state index contributed by atoms with van der Waals surface area (Å²) in [6.45, 7) is 0. The van der Waals surface area contributed by atoms with Gasteiger partial charge in [-0.05, 0) is 48.2 Å². The number of H-pyrrole nitrogens is 1. The molecule has 2 nitrogen and oxygen atoms in total. The van der Waals surface area contributed by atoms with Crippen LogP contribution in [-0.2, 0) is 0 Å². The first-order valence-electron chi connectivity index (χ1n) is 8.49. The first-order chi connectivity index (χ1) is 11.3. The van der Waals surface area contributed by atoms with Gasteiger partial charge in [-0.15, -0.1) is 0 Å². The van der Waals surface area contributed by atoms with Gasteiger partial charge in [0.1, 0.15) is 5.65 Å². The van der Waals surface area contributed by atoms with Gasteiger partial charge in [-0.2, -0.15) is 0 Å². The van der Waals surface area contributed by atoms with Gasteiger partial charge in [-0.25, -0.2) is 4.98 Å². The van der Waals surface area contributed by atoms with Crippen LogP contribution in [0.4, 0.5) is 0 Å². The second kappa shape index (κ2) is 6.48. The van der Waals surface area contributed by atoms with E-state index >= 15 is 0 Å². The molecule has 1 unspecified atom stereocenters. The van der Waals surface area contributed by atoms with E-state index in [1.54, 1.807) is 0 Å². The van der Waals surface area contributed by atoms with Crippen LogP contribution in [-0.4, -0.2) is 9.97 Å². The minimum absolute atomic E-state index is 0.431. The van der Waals surface area contributed by atoms with Crippen molar-refractivity contribution in [2.45, 2.75) is 38.0 Å². The fraction of sp³-hybridized carbons (Fsp3) is 0.350. The van der Waals surface area contributed by atoms with Crippen LogP contribution in [0.2, 0.25) is 0 Å². The molecule has 1 N–H and O–H groups in total. The van der Waals surface area contributed by atoms with Crippen molar-refractivity contribution >= 4 is 27.0 Å². The summed E-state index contributed by atoms with van der Waals surface area (Å²) >= 11 is 3.55. The third-order valence-electron chi connectivity index (χ3n) is 5.10. The van der Waals surface area contributed by atoms with Crippen molar-refractivity contribution in [1.82, 2.24) is 9.97 Å². The van der Waals surface area contributed by atoms with Crippen LogP contribution in [0.15, 0.2) is 53.1 Å². The van der Waals surface area contributed by atoms with Gasteiger partial charge in [0.05, 0.1) is 0 Å². The van der Waals surface area contributed by atoms with Crippen LogP contribution >= 0.6 is 15.9 Å². The van der Waals surface area contributed by atoms with E-state index in [9.17, 15) is 0 Å². The molecule has 118 valence electrons. The van der Waals surface area contributed by atoms with Crippen molar-refractivity contribution < 1.29 is 0 Å². The van der Waals surface area contributed by atoms with Gasteiger partial charge >= 0.3 is 0 Å². The third-order valence-corrected chi connectivity index (χ3v) is 5.63. The number of nitrogens with one attached hydrogen (secondary N) is 1. The van der Waals surface area contributed by atoms with E-state index in [0.29, 0.717) is 5.92 Å². The summed E-state index contributed by atoms with van der Waals surface area (Å²) in [5, 5.41) is 1.20. The Balaban J connectivity index is 1.72. The van der Waals surface area contributed by atoms with E-state index in [0.717, 1.165) is 16.0 Å². The molecular formula is C20H21BrN2. The summed E-state index contributed by atoms with van der Waals surface area (Å²) in [7, 11) is 0. The smallest absolute Gasteiger partial charge is 0.137 e. The van der Waals surface area contributed by atoms with E-state index in [1.165, 1.54) is 48.7 Å². The molecule has 1 atom stereocenters. The highest BCUT2D eigenvalue weighted by molar-refractivity contribution is 9.10. The first-order valence-corrected chi connectivity index (χ1v) is 9.28. The zero-order chi connectivity index (χ0) is 15.6. The lowest BCUT2D eigenvalue weighted by molar-refractivity contribution is 0.469. The van der Waals surface area contributed by atoms with Gasteiger partial charge in [-0.3, -0.25) is 0 Å². The SMILES string of the molecule is Brc1ccc(C(CC2CCCC2)c2cc3cccnc3[nH]2)cc1. The number of pyridine rings is 1. The van der Waals surface area contributed by atoms with Crippen molar-refractivity contribution in [3.05, 3.63) is 64.4 Å². The average Bonchev–Trinajstić information content (AvgIpc) is 3.22. The van der Waals surface area contributed by atoms with Gasteiger partial charge in [0.25, 0.3) is 0 Å². The number of halogens is 1. The number of rotatable bonds is 4. The standard InChI is InChI=1S/C20H21BrN2/c21-17-9-7-15(8-10-17)18(12-14-4-1-2-5-14)19-13-16-6-3-11-22-20(16)23-19/h3,6-11,13-14,18H,1-2,4-5,12H2,(H,22,23). The molecule has 0 saturated heterocycles. The molecule has 0 aliphatic heterocycles. The molecule has 3 heteroatoms. The highest BCUT2D eigenvalue weighted by Gasteiger charge is 2.24. The van der Waals surface area contributed by atoms with Gasteiger partial charge < -0.3 is 4.98 Å². The predicted octanol–water partition coefficient (Wildman–Crippen LogP) is 6.04. The molecule has 0 amide bonds. The molecule has 2 heterocycles. The van der Waals surface area contributed by atoms with Crippen molar-refractivity contribution in [2.75, 3.05) is 0 Å². The Bertz CT molecular complexity index is 752. The Hall–Kier alpha value is -1.61. The summed E-state index contributed by atoms with van der Waals surface area (Å²) in [6.07, 6.45) is 8.64. The van der Waals surface area contributed by atoms with Gasteiger partial charge in [0.15, 0.2) is 0 Å². The topological polar surface area (TPSA) is 28.7 Å². The number of nitrogens with zero attached hydrogens (tertiary/aromatic N) is 1. The fourth-order valence-corrected chi connectivity index (χ4v) is 4.15. The monoisotopic (exact) mass is 368 g/mol. The van der Waals surface area contributed by atoms with E-state index in [2.05, 4.69) is 62.3 Å². The maximum atomic E-state index is 4.46. The van der Waals surface area contributed by atoms with E-state index in [-0.39, 0.29) is 0 Å². The van der Waals surface area contributed by atoms with Gasteiger partial charge in [0.2, 0.25) is 0 Å². The largest absolute Gasteiger partial charge is 0.343 e. The molecule has 0 bridgehead atoms. The number of benzene rings is 1. The Morgan fingerprint density at radius 2 is 1.91 bits per heavy atom. The molecule has 0 spiro atoms. The lowest BCUT2D eigenvalue weighted by Gasteiger charge is -2.20. The normalized spacial score (nSPS) is 16.9. The van der Waals surface area contributed by atoms with Gasteiger partial charge in [-0.1, -0.05) is 53.7 Å². The van der Waals surface area contributed by atoms with Gasteiger partial charge in [0, 0.05) is 27.7 Å². The molecule has 3 aromatic rings. The maximum absolute atomic E-state index is 4.46. The summed E-state index contributed by atoms with van der Waals surface area (Å²) in [5.74, 6) is 1.28. The zero-order valence-electron chi connectivity index (χ0n) is 13.1. The molecule has 1 aliphatic carbocycles. The average molecular weight is 369 g/mol. The van der Waals surface area contributed by atoms with Crippen molar-refractivity contribution in [3.8, 4) is 0 Å². The highest BCUT2D eigenvalue weighted by Crippen LogP contribution is 2.38. The molecule has 1 aromatic carbocycles. The fourth-order valence-electron chi connectivity index (χ4n) is 3.88. The molecule has 23 heavy (non-hydrogen) atoms. The van der Waals surface area contributed by atoms with Crippen LogP contribution in [0.3, 0.4) is 0 Å². The second-order valence-corrected chi connectivity index (χ2v) is 7.57. The quantitative estimate of drug-likeness (QED) is 0.597. The zero-order valence-corrected chi connectivity index (χ0v) is 14.7. The van der Waals surface area contributed by atoms with Crippen molar-refractivity contribution in [3.63, 3.8) is 0 Å². The molecule has 2 aromatic heterocycles. The highest BCUT2D eigenvalue weighted by atomic mass is 79.9. The number of hydrogen-bond acceptors (Lipinski definition) is 1. The number of aromatic nitrogens is 2. The maximum Gasteiger partial charge on any atom is 0.137 e. The van der Waals surface area contributed by atoms with Crippen LogP contribution in [0.5, 0.6) is 0 Å². The Morgan fingerprint density at radius 1 is 1.13 bits per heavy atom. The molecule has 0 radical (unpaired) electrons. The Morgan fingerprint density at radius 3 is 2.65 bits per heavy atom. The van der Waals surface area contributed by atoms with E-state index < -0.39 is 0 Å². The van der Waals surface area contributed by atoms with E-state index in [1.807, 2.05) is 12.3 Å². The minimum atomic E-state index is 0.431. The molecule has 1 fully saturated rings. The van der Waals surface area contributed by atoms with Crippen LogP contribution in [0.25, 0.3) is 11.0 Å². The van der Waals surface area contributed by atoms with E-state index in [4.69, 9.17) is 0 Å². The number of aromatic amines is 1. The van der Waals surface area contributed by atoms with Crippen LogP contribution in [0.1, 0.15) is 49.3 Å². The van der Waals surface area contributed by atoms with Crippen LogP contribution < -0.4 is 0 Å². The summed E-state index contributed by atoms with van der Waals surface area (Å²) < 4.78 is 1.14. The summed E-state index contributed by atoms with van der Waals surface area (Å²) in [4.78, 5) is 8.02.